The van der Waals surface area contributed by atoms with Crippen LogP contribution in [0.3, 0.4) is 0 Å². The first-order valence-electron chi connectivity index (χ1n) is 9.49. The number of hydrogen-bond acceptors (Lipinski definition) is 6. The van der Waals surface area contributed by atoms with Crippen LogP contribution in [0.25, 0.3) is 11.5 Å². The SMILES string of the molecule is O=C(Nc1cccc(F)c1Cc1ccc(-c2nnc(C(F)F)o2)cn1)N1CCOCC1. The first-order valence-corrected chi connectivity index (χ1v) is 9.49. The average molecular weight is 433 g/mol. The Labute approximate surface area is 175 Å². The molecule has 162 valence electrons. The molecule has 2 aromatic heterocycles. The molecule has 1 aliphatic heterocycles. The van der Waals surface area contributed by atoms with Crippen LogP contribution in [0.2, 0.25) is 0 Å². The van der Waals surface area contributed by atoms with E-state index >= 15 is 0 Å². The fraction of sp³-hybridized carbons (Fsp3) is 0.300. The number of hydrogen-bond donors (Lipinski definition) is 1. The lowest BCUT2D eigenvalue weighted by Crippen LogP contribution is -2.43. The third-order valence-electron chi connectivity index (χ3n) is 4.72. The highest BCUT2D eigenvalue weighted by molar-refractivity contribution is 5.90. The van der Waals surface area contributed by atoms with Crippen molar-refractivity contribution in [2.75, 3.05) is 31.6 Å². The van der Waals surface area contributed by atoms with E-state index in [-0.39, 0.29) is 23.9 Å². The van der Waals surface area contributed by atoms with Crippen molar-refractivity contribution < 1.29 is 27.1 Å². The van der Waals surface area contributed by atoms with Gasteiger partial charge in [0.15, 0.2) is 0 Å². The summed E-state index contributed by atoms with van der Waals surface area (Å²) in [5.74, 6) is -1.34. The Hall–Kier alpha value is -3.47. The zero-order chi connectivity index (χ0) is 21.8. The van der Waals surface area contributed by atoms with E-state index in [4.69, 9.17) is 9.15 Å². The van der Waals surface area contributed by atoms with Gasteiger partial charge < -0.3 is 19.4 Å². The molecule has 1 aliphatic rings. The standard InChI is InChI=1S/C20H18F3N5O3/c21-15-2-1-3-16(25-20(29)28-6-8-30-9-7-28)14(15)10-13-5-4-12(11-24-13)18-26-27-19(31-18)17(22)23/h1-5,11,17H,6-10H2,(H,25,29). The van der Waals surface area contributed by atoms with Gasteiger partial charge in [-0.2, -0.15) is 8.78 Å². The van der Waals surface area contributed by atoms with Gasteiger partial charge in [-0.25, -0.2) is 9.18 Å². The van der Waals surface area contributed by atoms with Crippen LogP contribution in [0, 0.1) is 5.82 Å². The zero-order valence-corrected chi connectivity index (χ0v) is 16.2. The topological polar surface area (TPSA) is 93.4 Å². The van der Waals surface area contributed by atoms with Gasteiger partial charge in [-0.3, -0.25) is 4.98 Å². The predicted octanol–water partition coefficient (Wildman–Crippen LogP) is 3.66. The summed E-state index contributed by atoms with van der Waals surface area (Å²) in [6, 6.07) is 7.28. The average Bonchev–Trinajstić information content (AvgIpc) is 3.28. The Morgan fingerprint density at radius 1 is 1.16 bits per heavy atom. The number of benzene rings is 1. The van der Waals surface area contributed by atoms with Crippen molar-refractivity contribution >= 4 is 11.7 Å². The number of morpholine rings is 1. The second-order valence-electron chi connectivity index (χ2n) is 6.76. The van der Waals surface area contributed by atoms with Crippen LogP contribution in [0.15, 0.2) is 40.9 Å². The molecule has 3 heterocycles. The molecule has 1 fully saturated rings. The van der Waals surface area contributed by atoms with E-state index in [0.29, 0.717) is 43.2 Å². The van der Waals surface area contributed by atoms with Crippen molar-refractivity contribution in [2.24, 2.45) is 0 Å². The van der Waals surface area contributed by atoms with Crippen LogP contribution in [0.4, 0.5) is 23.7 Å². The van der Waals surface area contributed by atoms with Gasteiger partial charge in [-0.15, -0.1) is 10.2 Å². The molecule has 0 bridgehead atoms. The van der Waals surface area contributed by atoms with E-state index in [1.54, 1.807) is 23.1 Å². The normalized spacial score (nSPS) is 14.1. The second kappa shape index (κ2) is 9.13. The number of carbonyl (C=O) groups excluding carboxylic acids is 1. The van der Waals surface area contributed by atoms with E-state index < -0.39 is 18.1 Å². The second-order valence-corrected chi connectivity index (χ2v) is 6.76. The lowest BCUT2D eigenvalue weighted by molar-refractivity contribution is 0.0564. The Bertz CT molecular complexity index is 1050. The minimum Gasteiger partial charge on any atom is -0.415 e. The fourth-order valence-electron chi connectivity index (χ4n) is 3.09. The summed E-state index contributed by atoms with van der Waals surface area (Å²) < 4.78 is 49.9. The lowest BCUT2D eigenvalue weighted by atomic mass is 10.1. The Balaban J connectivity index is 1.50. The zero-order valence-electron chi connectivity index (χ0n) is 16.2. The maximum atomic E-state index is 14.5. The molecule has 1 aromatic carbocycles. The minimum absolute atomic E-state index is 0.0845. The molecule has 8 nitrogen and oxygen atoms in total. The van der Waals surface area contributed by atoms with Gasteiger partial charge in [0.25, 0.3) is 5.89 Å². The molecule has 0 spiro atoms. The van der Waals surface area contributed by atoms with Gasteiger partial charge >= 0.3 is 12.5 Å². The quantitative estimate of drug-likeness (QED) is 0.660. The number of urea groups is 1. The third kappa shape index (κ3) is 4.82. The number of alkyl halides is 2. The van der Waals surface area contributed by atoms with Crippen molar-refractivity contribution in [3.8, 4) is 11.5 Å². The van der Waals surface area contributed by atoms with Crippen LogP contribution >= 0.6 is 0 Å². The number of aromatic nitrogens is 3. The Kier molecular flexibility index (Phi) is 6.12. The van der Waals surface area contributed by atoms with Crippen molar-refractivity contribution in [1.82, 2.24) is 20.1 Å². The Morgan fingerprint density at radius 3 is 2.65 bits per heavy atom. The molecule has 1 N–H and O–H groups in total. The molecule has 0 atom stereocenters. The molecular weight excluding hydrogens is 415 g/mol. The number of amides is 2. The number of rotatable bonds is 5. The maximum Gasteiger partial charge on any atom is 0.322 e. The summed E-state index contributed by atoms with van der Waals surface area (Å²) in [7, 11) is 0. The van der Waals surface area contributed by atoms with Gasteiger partial charge in [-0.1, -0.05) is 6.07 Å². The van der Waals surface area contributed by atoms with Gasteiger partial charge in [-0.05, 0) is 24.3 Å². The summed E-state index contributed by atoms with van der Waals surface area (Å²) in [5.41, 5.74) is 1.49. The van der Waals surface area contributed by atoms with Crippen molar-refractivity contribution in [1.29, 1.82) is 0 Å². The minimum atomic E-state index is -2.86. The summed E-state index contributed by atoms with van der Waals surface area (Å²) >= 11 is 0. The molecule has 0 radical (unpaired) electrons. The molecule has 0 unspecified atom stereocenters. The lowest BCUT2D eigenvalue weighted by Gasteiger charge is -2.27. The highest BCUT2D eigenvalue weighted by Crippen LogP contribution is 2.25. The van der Waals surface area contributed by atoms with Gasteiger partial charge in [0.2, 0.25) is 5.89 Å². The van der Waals surface area contributed by atoms with E-state index in [1.165, 1.54) is 18.3 Å². The number of carbonyl (C=O) groups is 1. The van der Waals surface area contributed by atoms with Crippen molar-refractivity contribution in [3.05, 3.63) is 59.5 Å². The predicted molar refractivity (Wildman–Crippen MR) is 103 cm³/mol. The summed E-state index contributed by atoms with van der Waals surface area (Å²) in [6.45, 7) is 1.84. The van der Waals surface area contributed by atoms with Crippen LogP contribution < -0.4 is 5.32 Å². The van der Waals surface area contributed by atoms with Crippen LogP contribution in [-0.4, -0.2) is 52.4 Å². The highest BCUT2D eigenvalue weighted by atomic mass is 19.3. The van der Waals surface area contributed by atoms with Gasteiger partial charge in [0, 0.05) is 42.7 Å². The van der Waals surface area contributed by atoms with E-state index in [9.17, 15) is 18.0 Å². The molecule has 2 amide bonds. The fourth-order valence-corrected chi connectivity index (χ4v) is 3.09. The molecular formula is C20H18F3N5O3. The number of halogens is 3. The van der Waals surface area contributed by atoms with Gasteiger partial charge in [0.05, 0.1) is 18.8 Å². The number of nitrogens with one attached hydrogen (secondary N) is 1. The van der Waals surface area contributed by atoms with E-state index in [0.717, 1.165) is 0 Å². The molecule has 31 heavy (non-hydrogen) atoms. The van der Waals surface area contributed by atoms with E-state index in [1.807, 2.05) is 0 Å². The van der Waals surface area contributed by atoms with E-state index in [2.05, 4.69) is 20.5 Å². The van der Waals surface area contributed by atoms with Crippen molar-refractivity contribution in [3.63, 3.8) is 0 Å². The molecule has 0 saturated carbocycles. The van der Waals surface area contributed by atoms with Crippen molar-refractivity contribution in [2.45, 2.75) is 12.8 Å². The molecule has 0 aliphatic carbocycles. The summed E-state index contributed by atoms with van der Waals surface area (Å²) in [6.07, 6.45) is -1.37. The number of anilines is 1. The summed E-state index contributed by atoms with van der Waals surface area (Å²) in [4.78, 5) is 18.3. The largest absolute Gasteiger partial charge is 0.415 e. The smallest absolute Gasteiger partial charge is 0.322 e. The van der Waals surface area contributed by atoms with Crippen LogP contribution in [0.5, 0.6) is 0 Å². The number of nitrogens with zero attached hydrogens (tertiary/aromatic N) is 4. The molecule has 3 aromatic rings. The molecule has 11 heteroatoms. The summed E-state index contributed by atoms with van der Waals surface area (Å²) in [5, 5.41) is 9.60. The third-order valence-corrected chi connectivity index (χ3v) is 4.72. The number of pyridine rings is 1. The monoisotopic (exact) mass is 433 g/mol. The Morgan fingerprint density at radius 2 is 1.97 bits per heavy atom. The molecule has 1 saturated heterocycles. The number of ether oxygens (including phenoxy) is 1. The molecule has 4 rings (SSSR count). The highest BCUT2D eigenvalue weighted by Gasteiger charge is 2.20. The first-order chi connectivity index (χ1) is 15.0. The maximum absolute atomic E-state index is 14.5. The van der Waals surface area contributed by atoms with Gasteiger partial charge in [0.1, 0.15) is 5.82 Å². The first kappa shape index (κ1) is 20.8. The van der Waals surface area contributed by atoms with Crippen LogP contribution in [0.1, 0.15) is 23.6 Å². The van der Waals surface area contributed by atoms with Crippen LogP contribution in [-0.2, 0) is 11.2 Å².